The Balaban J connectivity index is 2.31. The second kappa shape index (κ2) is 7.63. The van der Waals surface area contributed by atoms with Crippen molar-refractivity contribution in [2.45, 2.75) is 34.1 Å². The first-order valence-electron chi connectivity index (χ1n) is 10.6. The molecule has 0 fully saturated rings. The number of hydrogen-bond acceptors (Lipinski definition) is 0. The van der Waals surface area contributed by atoms with Crippen LogP contribution in [0.25, 0.3) is 0 Å². The Morgan fingerprint density at radius 3 is 1.67 bits per heavy atom. The number of benzene rings is 3. The number of rotatable bonds is 4. The molecule has 3 aromatic rings. The van der Waals surface area contributed by atoms with Crippen LogP contribution < -0.4 is 15.9 Å². The molecule has 0 radical (unpaired) electrons. The maximum absolute atomic E-state index is 4.11. The average Bonchev–Trinajstić information content (AvgIpc) is 3.34. The van der Waals surface area contributed by atoms with Gasteiger partial charge in [-0.3, -0.25) is 0 Å². The van der Waals surface area contributed by atoms with E-state index in [0.717, 1.165) is 6.42 Å². The zero-order valence-electron chi connectivity index (χ0n) is 18.5. The van der Waals surface area contributed by atoms with Crippen molar-refractivity contribution in [3.05, 3.63) is 111 Å². The Kier molecular flexibility index (Phi) is 5.41. The van der Waals surface area contributed by atoms with E-state index < -0.39 is 6.60 Å². The molecule has 0 heterocycles. The van der Waals surface area contributed by atoms with Crippen molar-refractivity contribution in [2.75, 3.05) is 6.66 Å². The number of halogens is 1. The van der Waals surface area contributed by atoms with Crippen LogP contribution in [0.2, 0.25) is 0 Å². The van der Waals surface area contributed by atoms with E-state index >= 15 is 0 Å². The minimum absolute atomic E-state index is 0.996. The quantitative estimate of drug-likeness (QED) is 0.356. The second-order valence-electron chi connectivity index (χ2n) is 8.69. The van der Waals surface area contributed by atoms with Crippen LogP contribution >= 0.6 is 22.5 Å². The first-order chi connectivity index (χ1) is 14.3. The summed E-state index contributed by atoms with van der Waals surface area (Å²) in [7, 11) is 0. The van der Waals surface area contributed by atoms with Crippen LogP contribution in [-0.4, -0.2) is 6.66 Å². The predicted molar refractivity (Wildman–Crippen MR) is 140 cm³/mol. The molecule has 0 aliphatic heterocycles. The van der Waals surface area contributed by atoms with E-state index in [1.54, 1.807) is 0 Å². The molecule has 0 aromatic heterocycles. The van der Waals surface area contributed by atoms with Gasteiger partial charge in [0, 0.05) is 0 Å². The summed E-state index contributed by atoms with van der Waals surface area (Å²) in [5.74, 6) is 0. The minimum atomic E-state index is -2.94. The zero-order valence-corrected chi connectivity index (χ0v) is 21.0. The standard InChI is InChI=1S/C28H30BrP/c1-20-21(2)23(4)28(27(29)22(20)3)30(5,26-18-12-13-19-26,24-14-8-6-9-15-24)25-16-10-7-11-17-25/h6-18H,19H2,1-5H3. The van der Waals surface area contributed by atoms with E-state index in [1.165, 1.54) is 48.0 Å². The van der Waals surface area contributed by atoms with Crippen molar-refractivity contribution in [2.24, 2.45) is 0 Å². The Hall–Kier alpha value is -1.95. The fourth-order valence-electron chi connectivity index (χ4n) is 5.25. The van der Waals surface area contributed by atoms with Gasteiger partial charge in [0.2, 0.25) is 0 Å². The summed E-state index contributed by atoms with van der Waals surface area (Å²) in [5.41, 5.74) is 5.54. The van der Waals surface area contributed by atoms with Crippen LogP contribution in [0.5, 0.6) is 0 Å². The van der Waals surface area contributed by atoms with Crippen LogP contribution in [-0.2, 0) is 0 Å². The van der Waals surface area contributed by atoms with Crippen LogP contribution in [0.3, 0.4) is 0 Å². The Morgan fingerprint density at radius 2 is 1.20 bits per heavy atom. The fourth-order valence-corrected chi connectivity index (χ4v) is 13.5. The molecule has 3 aromatic carbocycles. The van der Waals surface area contributed by atoms with Gasteiger partial charge in [-0.15, -0.1) is 0 Å². The van der Waals surface area contributed by atoms with E-state index in [0.29, 0.717) is 0 Å². The summed E-state index contributed by atoms with van der Waals surface area (Å²) in [6, 6.07) is 22.4. The number of hydrogen-bond donors (Lipinski definition) is 0. The predicted octanol–water partition coefficient (Wildman–Crippen LogP) is 6.99. The van der Waals surface area contributed by atoms with Crippen LogP contribution in [0.4, 0.5) is 0 Å². The third-order valence-corrected chi connectivity index (χ3v) is 15.3. The topological polar surface area (TPSA) is 0 Å². The van der Waals surface area contributed by atoms with Gasteiger partial charge in [-0.2, -0.15) is 0 Å². The Bertz CT molecular complexity index is 1100. The summed E-state index contributed by atoms with van der Waals surface area (Å²) in [5, 5.41) is 5.87. The zero-order chi connectivity index (χ0) is 21.5. The van der Waals surface area contributed by atoms with Gasteiger partial charge >= 0.3 is 190 Å². The van der Waals surface area contributed by atoms with E-state index in [-0.39, 0.29) is 0 Å². The van der Waals surface area contributed by atoms with Crippen LogP contribution in [0, 0.1) is 27.7 Å². The van der Waals surface area contributed by atoms with Crippen molar-refractivity contribution in [1.29, 1.82) is 0 Å². The van der Waals surface area contributed by atoms with Gasteiger partial charge in [-0.25, -0.2) is 0 Å². The van der Waals surface area contributed by atoms with Gasteiger partial charge in [-0.05, 0) is 0 Å². The molecule has 0 unspecified atom stereocenters. The molecule has 0 atom stereocenters. The van der Waals surface area contributed by atoms with Crippen LogP contribution in [0.1, 0.15) is 28.7 Å². The van der Waals surface area contributed by atoms with Gasteiger partial charge in [0.25, 0.3) is 0 Å². The molecule has 0 bridgehead atoms. The summed E-state index contributed by atoms with van der Waals surface area (Å²) in [6.45, 7) is 8.74. The normalized spacial score (nSPS) is 15.0. The third kappa shape index (κ3) is 2.75. The SMILES string of the molecule is Cc1c(C)c(C)c(P(C)(C2=CC=CC2)(c2ccccc2)c2ccccc2)c(Br)c1C. The molecule has 0 spiro atoms. The molecule has 0 N–H and O–H groups in total. The Labute approximate surface area is 189 Å². The van der Waals surface area contributed by atoms with Crippen molar-refractivity contribution in [1.82, 2.24) is 0 Å². The molecule has 0 nitrogen and oxygen atoms in total. The molecule has 2 heteroatoms. The fraction of sp³-hybridized carbons (Fsp3) is 0.214. The van der Waals surface area contributed by atoms with Crippen molar-refractivity contribution < 1.29 is 0 Å². The summed E-state index contributed by atoms with van der Waals surface area (Å²) >= 11 is 4.11. The molecule has 154 valence electrons. The Morgan fingerprint density at radius 1 is 0.700 bits per heavy atom. The second-order valence-corrected chi connectivity index (χ2v) is 14.7. The molecular weight excluding hydrogens is 447 g/mol. The first kappa shape index (κ1) is 21.3. The maximum atomic E-state index is 4.11. The third-order valence-electron chi connectivity index (χ3n) is 7.41. The molecule has 30 heavy (non-hydrogen) atoms. The van der Waals surface area contributed by atoms with Crippen LogP contribution in [0.15, 0.2) is 88.7 Å². The summed E-state index contributed by atoms with van der Waals surface area (Å²) in [4.78, 5) is 0. The monoisotopic (exact) mass is 476 g/mol. The van der Waals surface area contributed by atoms with Gasteiger partial charge in [-0.1, -0.05) is 0 Å². The van der Waals surface area contributed by atoms with Gasteiger partial charge < -0.3 is 0 Å². The summed E-state index contributed by atoms with van der Waals surface area (Å²) < 4.78 is 1.27. The van der Waals surface area contributed by atoms with Gasteiger partial charge in [0.05, 0.1) is 0 Å². The number of allylic oxidation sites excluding steroid dienone is 4. The average molecular weight is 477 g/mol. The molecule has 1 aliphatic rings. The van der Waals surface area contributed by atoms with E-state index in [9.17, 15) is 0 Å². The molecule has 0 saturated heterocycles. The molecule has 4 rings (SSSR count). The van der Waals surface area contributed by atoms with Crippen molar-refractivity contribution >= 4 is 38.4 Å². The molecular formula is C28H30BrP. The molecule has 0 amide bonds. The van der Waals surface area contributed by atoms with Crippen molar-refractivity contribution in [3.8, 4) is 0 Å². The van der Waals surface area contributed by atoms with E-state index in [1.807, 2.05) is 0 Å². The van der Waals surface area contributed by atoms with E-state index in [4.69, 9.17) is 0 Å². The first-order valence-corrected chi connectivity index (χ1v) is 14.0. The van der Waals surface area contributed by atoms with Crippen molar-refractivity contribution in [3.63, 3.8) is 0 Å². The molecule has 0 saturated carbocycles. The van der Waals surface area contributed by atoms with Gasteiger partial charge in [0.15, 0.2) is 0 Å². The van der Waals surface area contributed by atoms with Gasteiger partial charge in [0.1, 0.15) is 0 Å². The van der Waals surface area contributed by atoms with E-state index in [2.05, 4.69) is 129 Å². The molecule has 1 aliphatic carbocycles. The summed E-state index contributed by atoms with van der Waals surface area (Å²) in [6.07, 6.45) is 7.93.